The highest BCUT2D eigenvalue weighted by Gasteiger charge is 2.13. The number of anilines is 1. The van der Waals surface area contributed by atoms with Crippen molar-refractivity contribution in [3.8, 4) is 0 Å². The van der Waals surface area contributed by atoms with Crippen LogP contribution in [0.4, 0.5) is 5.13 Å². The second-order valence-corrected chi connectivity index (χ2v) is 7.52. The number of halogens is 1. The van der Waals surface area contributed by atoms with Gasteiger partial charge in [0.1, 0.15) is 5.58 Å². The zero-order valence-corrected chi connectivity index (χ0v) is 15.3. The molecule has 2 heterocycles. The van der Waals surface area contributed by atoms with Crippen molar-refractivity contribution in [3.63, 3.8) is 0 Å². The minimum Gasteiger partial charge on any atom is -0.464 e. The van der Waals surface area contributed by atoms with Crippen LogP contribution in [-0.4, -0.2) is 10.9 Å². The molecule has 0 spiro atoms. The lowest BCUT2D eigenvalue weighted by molar-refractivity contribution is -0.115. The van der Waals surface area contributed by atoms with Crippen molar-refractivity contribution in [1.82, 2.24) is 4.98 Å². The number of aryl methyl sites for hydroxylation is 2. The van der Waals surface area contributed by atoms with Gasteiger partial charge in [0.25, 0.3) is 0 Å². The molecule has 0 aliphatic rings. The summed E-state index contributed by atoms with van der Waals surface area (Å²) < 4.78 is 6.54. The molecule has 0 radical (unpaired) electrons. The van der Waals surface area contributed by atoms with Crippen molar-refractivity contribution < 1.29 is 9.21 Å². The first kappa shape index (κ1) is 16.1. The first-order chi connectivity index (χ1) is 12.0. The number of amides is 1. The van der Waals surface area contributed by atoms with Gasteiger partial charge >= 0.3 is 0 Å². The Hall–Kier alpha value is -2.37. The molecule has 0 aliphatic carbocycles. The maximum absolute atomic E-state index is 12.4. The molecule has 0 aliphatic heterocycles. The average molecular weight is 371 g/mol. The van der Waals surface area contributed by atoms with Crippen LogP contribution < -0.4 is 5.32 Å². The van der Waals surface area contributed by atoms with Crippen LogP contribution in [0.2, 0.25) is 5.02 Å². The van der Waals surface area contributed by atoms with Gasteiger partial charge in [0.15, 0.2) is 5.13 Å². The third-order valence-electron chi connectivity index (χ3n) is 4.22. The number of carbonyl (C=O) groups is 1. The molecule has 0 atom stereocenters. The maximum atomic E-state index is 12.4. The Morgan fingerprint density at radius 1 is 1.24 bits per heavy atom. The molecule has 0 saturated carbocycles. The summed E-state index contributed by atoms with van der Waals surface area (Å²) in [6, 6.07) is 9.55. The van der Waals surface area contributed by atoms with Gasteiger partial charge in [-0.25, -0.2) is 4.98 Å². The van der Waals surface area contributed by atoms with Crippen molar-refractivity contribution in [1.29, 1.82) is 0 Å². The third kappa shape index (κ3) is 3.13. The fourth-order valence-electron chi connectivity index (χ4n) is 2.76. The van der Waals surface area contributed by atoms with E-state index in [9.17, 15) is 4.79 Å². The highest BCUT2D eigenvalue weighted by atomic mass is 35.5. The van der Waals surface area contributed by atoms with Crippen molar-refractivity contribution >= 4 is 55.2 Å². The monoisotopic (exact) mass is 370 g/mol. The van der Waals surface area contributed by atoms with E-state index in [4.69, 9.17) is 16.0 Å². The number of hydrogen-bond acceptors (Lipinski definition) is 4. The summed E-state index contributed by atoms with van der Waals surface area (Å²) in [6.07, 6.45) is 1.90. The van der Waals surface area contributed by atoms with E-state index in [1.807, 2.05) is 25.1 Å². The Morgan fingerprint density at radius 3 is 2.88 bits per heavy atom. The molecule has 2 aromatic heterocycles. The van der Waals surface area contributed by atoms with E-state index >= 15 is 0 Å². The highest BCUT2D eigenvalue weighted by molar-refractivity contribution is 7.22. The fourth-order valence-corrected chi connectivity index (χ4v) is 3.92. The summed E-state index contributed by atoms with van der Waals surface area (Å²) in [5.41, 5.74) is 4.86. The van der Waals surface area contributed by atoms with Gasteiger partial charge in [-0.3, -0.25) is 4.79 Å². The number of rotatable bonds is 3. The van der Waals surface area contributed by atoms with Gasteiger partial charge in [-0.05, 0) is 55.3 Å². The Kier molecular flexibility index (Phi) is 3.98. The minimum atomic E-state index is -0.119. The van der Waals surface area contributed by atoms with Crippen molar-refractivity contribution in [2.45, 2.75) is 20.3 Å². The van der Waals surface area contributed by atoms with Gasteiger partial charge in [-0.2, -0.15) is 0 Å². The number of carbonyl (C=O) groups excluding carboxylic acids is 1. The summed E-state index contributed by atoms with van der Waals surface area (Å²) in [5.74, 6) is -0.119. The van der Waals surface area contributed by atoms with Gasteiger partial charge in [0.05, 0.1) is 22.9 Å². The predicted molar refractivity (Wildman–Crippen MR) is 103 cm³/mol. The first-order valence-electron chi connectivity index (χ1n) is 7.83. The normalized spacial score (nSPS) is 11.3. The Morgan fingerprint density at radius 2 is 2.04 bits per heavy atom. The van der Waals surface area contributed by atoms with E-state index in [-0.39, 0.29) is 12.3 Å². The minimum absolute atomic E-state index is 0.119. The smallest absolute Gasteiger partial charge is 0.230 e. The summed E-state index contributed by atoms with van der Waals surface area (Å²) in [7, 11) is 0. The lowest BCUT2D eigenvalue weighted by Crippen LogP contribution is -2.13. The Bertz CT molecular complexity index is 1110. The number of thiazole rings is 1. The summed E-state index contributed by atoms with van der Waals surface area (Å²) in [5, 5.41) is 5.07. The molecule has 0 bridgehead atoms. The summed E-state index contributed by atoms with van der Waals surface area (Å²) >= 11 is 7.40. The number of hydrogen-bond donors (Lipinski definition) is 1. The topological polar surface area (TPSA) is 55.1 Å². The van der Waals surface area contributed by atoms with Gasteiger partial charge in [0, 0.05) is 16.0 Å². The highest BCUT2D eigenvalue weighted by Crippen LogP contribution is 2.29. The molecule has 4 aromatic rings. The van der Waals surface area contributed by atoms with E-state index < -0.39 is 0 Å². The van der Waals surface area contributed by atoms with Crippen LogP contribution in [0.15, 0.2) is 41.0 Å². The van der Waals surface area contributed by atoms with E-state index in [0.29, 0.717) is 10.2 Å². The molecule has 25 heavy (non-hydrogen) atoms. The van der Waals surface area contributed by atoms with E-state index in [1.54, 1.807) is 12.3 Å². The molecule has 2 aromatic carbocycles. The van der Waals surface area contributed by atoms with E-state index in [1.165, 1.54) is 22.5 Å². The molecule has 4 rings (SSSR count). The number of nitrogens with one attached hydrogen (secondary N) is 1. The molecule has 126 valence electrons. The number of nitrogens with zero attached hydrogens (tertiary/aromatic N) is 1. The van der Waals surface area contributed by atoms with E-state index in [2.05, 4.69) is 23.3 Å². The molecular weight excluding hydrogens is 356 g/mol. The number of fused-ring (bicyclic) bond motifs is 2. The lowest BCUT2D eigenvalue weighted by Gasteiger charge is -2.02. The number of benzene rings is 2. The number of furan rings is 1. The van der Waals surface area contributed by atoms with Gasteiger partial charge in [0.2, 0.25) is 5.91 Å². The van der Waals surface area contributed by atoms with Crippen molar-refractivity contribution in [2.75, 3.05) is 5.32 Å². The van der Waals surface area contributed by atoms with Crippen LogP contribution >= 0.6 is 22.9 Å². The molecule has 1 amide bonds. The summed E-state index contributed by atoms with van der Waals surface area (Å²) in [4.78, 5) is 16.8. The average Bonchev–Trinajstić information content (AvgIpc) is 3.11. The second kappa shape index (κ2) is 6.17. The quantitative estimate of drug-likeness (QED) is 0.518. The SMILES string of the molecule is Cc1cc2occ(CC(=O)Nc3nc4ccc(Cl)cc4s3)c2cc1C. The second-order valence-electron chi connectivity index (χ2n) is 6.05. The maximum Gasteiger partial charge on any atom is 0.230 e. The molecule has 0 saturated heterocycles. The first-order valence-corrected chi connectivity index (χ1v) is 9.02. The van der Waals surface area contributed by atoms with Crippen molar-refractivity contribution in [2.24, 2.45) is 0 Å². The van der Waals surface area contributed by atoms with Crippen molar-refractivity contribution in [3.05, 3.63) is 58.3 Å². The number of aromatic nitrogens is 1. The largest absolute Gasteiger partial charge is 0.464 e. The van der Waals surface area contributed by atoms with Crippen LogP contribution in [0, 0.1) is 13.8 Å². The standard InChI is InChI=1S/C19H15ClN2O2S/c1-10-5-14-12(9-24-16(14)6-11(10)2)7-18(23)22-19-21-15-4-3-13(20)8-17(15)25-19/h3-6,8-9H,7H2,1-2H3,(H,21,22,23). The van der Waals surface area contributed by atoms with Crippen LogP contribution in [0.3, 0.4) is 0 Å². The summed E-state index contributed by atoms with van der Waals surface area (Å²) in [6.45, 7) is 4.10. The predicted octanol–water partition coefficient (Wildman–Crippen LogP) is 5.49. The van der Waals surface area contributed by atoms with Gasteiger partial charge in [-0.15, -0.1) is 0 Å². The van der Waals surface area contributed by atoms with Crippen LogP contribution in [0.25, 0.3) is 21.2 Å². The third-order valence-corrected chi connectivity index (χ3v) is 5.39. The molecule has 4 nitrogen and oxygen atoms in total. The van der Waals surface area contributed by atoms with Gasteiger partial charge in [-0.1, -0.05) is 22.9 Å². The van der Waals surface area contributed by atoms with E-state index in [0.717, 1.165) is 26.7 Å². The van der Waals surface area contributed by atoms with Crippen LogP contribution in [0.5, 0.6) is 0 Å². The zero-order valence-electron chi connectivity index (χ0n) is 13.7. The Balaban J connectivity index is 1.56. The molecule has 0 fully saturated rings. The van der Waals surface area contributed by atoms with Crippen LogP contribution in [0.1, 0.15) is 16.7 Å². The van der Waals surface area contributed by atoms with Crippen LogP contribution in [-0.2, 0) is 11.2 Å². The Labute approximate surface area is 153 Å². The fraction of sp³-hybridized carbons (Fsp3) is 0.158. The zero-order chi connectivity index (χ0) is 17.6. The lowest BCUT2D eigenvalue weighted by atomic mass is 10.0. The molecular formula is C19H15ClN2O2S. The molecule has 1 N–H and O–H groups in total. The van der Waals surface area contributed by atoms with Gasteiger partial charge < -0.3 is 9.73 Å². The molecule has 6 heteroatoms. The molecule has 0 unspecified atom stereocenters.